The van der Waals surface area contributed by atoms with E-state index in [1.165, 1.54) is 4.70 Å². The first-order valence-electron chi connectivity index (χ1n) is 14.1. The van der Waals surface area contributed by atoms with Gasteiger partial charge in [-0.2, -0.15) is 4.98 Å². The van der Waals surface area contributed by atoms with Crippen molar-refractivity contribution in [2.45, 2.75) is 32.1 Å². The molecule has 1 fully saturated rings. The largest absolute Gasteiger partial charge is 0.348 e. The predicted molar refractivity (Wildman–Crippen MR) is 169 cm³/mol. The highest BCUT2D eigenvalue weighted by molar-refractivity contribution is 7.22. The first-order valence-corrected chi connectivity index (χ1v) is 15.3. The first-order chi connectivity index (χ1) is 20.6. The van der Waals surface area contributed by atoms with Crippen LogP contribution in [0.15, 0.2) is 67.1 Å². The summed E-state index contributed by atoms with van der Waals surface area (Å²) in [5.74, 6) is 1.31. The molecule has 2 aliphatic rings. The maximum Gasteiger partial charge on any atom is 0.229 e. The Morgan fingerprint density at radius 1 is 1.00 bits per heavy atom. The summed E-state index contributed by atoms with van der Waals surface area (Å²) in [5.41, 5.74) is 5.61. The van der Waals surface area contributed by atoms with Crippen LogP contribution in [0.25, 0.3) is 10.2 Å². The van der Waals surface area contributed by atoms with E-state index in [0.717, 1.165) is 77.6 Å². The van der Waals surface area contributed by atoms with Gasteiger partial charge in [0.15, 0.2) is 10.9 Å². The van der Waals surface area contributed by atoms with Gasteiger partial charge >= 0.3 is 0 Å². The zero-order valence-electron chi connectivity index (χ0n) is 22.8. The van der Waals surface area contributed by atoms with Crippen molar-refractivity contribution in [2.24, 2.45) is 5.92 Å². The SMILES string of the molecule is O=C(CC1CCN(c2nc3ccccc3s2)CC1)Nc1ccc2cc1CCc1cncc(c1)Nc1ncc(Cl)c(n1)N2. The van der Waals surface area contributed by atoms with Crippen molar-refractivity contribution >= 4 is 73.0 Å². The molecule has 3 aromatic heterocycles. The molecule has 0 radical (unpaired) electrons. The molecule has 5 aromatic rings. The fourth-order valence-corrected chi connectivity index (χ4v) is 6.70. The van der Waals surface area contributed by atoms with Crippen molar-refractivity contribution in [1.82, 2.24) is 19.9 Å². The van der Waals surface area contributed by atoms with E-state index in [0.29, 0.717) is 29.1 Å². The Bertz CT molecular complexity index is 1730. The van der Waals surface area contributed by atoms with E-state index >= 15 is 0 Å². The third-order valence-electron chi connectivity index (χ3n) is 7.76. The predicted octanol–water partition coefficient (Wildman–Crippen LogP) is 6.97. The topological polar surface area (TPSA) is 108 Å². The summed E-state index contributed by atoms with van der Waals surface area (Å²) in [4.78, 5) is 33.6. The number of hydrogen-bond acceptors (Lipinski definition) is 9. The molecular weight excluding hydrogens is 568 g/mol. The van der Waals surface area contributed by atoms with E-state index in [2.05, 4.69) is 54.0 Å². The Morgan fingerprint density at radius 2 is 1.88 bits per heavy atom. The number of aryl methyl sites for hydroxylation is 2. The molecule has 6 bridgehead atoms. The molecule has 1 amide bonds. The van der Waals surface area contributed by atoms with Gasteiger partial charge < -0.3 is 20.9 Å². The number of fused-ring (bicyclic) bond motifs is 7. The number of para-hydroxylation sites is 1. The van der Waals surface area contributed by atoms with Crippen molar-refractivity contribution in [3.8, 4) is 0 Å². The van der Waals surface area contributed by atoms with Gasteiger partial charge in [-0.05, 0) is 79.1 Å². The van der Waals surface area contributed by atoms with Crippen molar-refractivity contribution in [2.75, 3.05) is 33.9 Å². The fraction of sp³-hybridized carbons (Fsp3) is 0.258. The monoisotopic (exact) mass is 596 g/mol. The Hall–Kier alpha value is -4.28. The molecule has 0 spiro atoms. The number of pyridine rings is 1. The molecule has 2 aliphatic heterocycles. The Balaban J connectivity index is 1.04. The standard InChI is InChI=1S/C31H29ClN8OS/c32-24-18-34-30-36-23-13-20(16-33-17-23)5-6-21-15-22(35-29(24)39-30)7-8-25(21)37-28(41)14-19-9-11-40(12-10-19)31-38-26-3-1-2-4-27(26)42-31/h1-4,7-8,13,15-19H,5-6,9-12,14H2,(H,37,41)(H2,34,35,36,39). The van der Waals surface area contributed by atoms with Crippen LogP contribution in [0, 0.1) is 5.92 Å². The molecule has 5 heterocycles. The Kier molecular flexibility index (Phi) is 7.31. The highest BCUT2D eigenvalue weighted by atomic mass is 35.5. The molecule has 0 saturated carbocycles. The summed E-state index contributed by atoms with van der Waals surface area (Å²) in [5, 5.41) is 11.2. The van der Waals surface area contributed by atoms with Crippen LogP contribution in [0.5, 0.6) is 0 Å². The van der Waals surface area contributed by atoms with E-state index in [1.54, 1.807) is 23.7 Å². The average molecular weight is 597 g/mol. The number of aromatic nitrogens is 4. The normalized spacial score (nSPS) is 15.1. The van der Waals surface area contributed by atoms with Crippen LogP contribution in [-0.4, -0.2) is 38.9 Å². The minimum atomic E-state index is 0.0460. The van der Waals surface area contributed by atoms with E-state index in [1.807, 2.05) is 36.5 Å². The summed E-state index contributed by atoms with van der Waals surface area (Å²) in [7, 11) is 0. The van der Waals surface area contributed by atoms with Crippen LogP contribution in [0.1, 0.15) is 30.4 Å². The van der Waals surface area contributed by atoms with E-state index in [-0.39, 0.29) is 5.91 Å². The lowest BCUT2D eigenvalue weighted by molar-refractivity contribution is -0.117. The number of carbonyl (C=O) groups is 1. The van der Waals surface area contributed by atoms with Gasteiger partial charge in [0.05, 0.1) is 28.3 Å². The number of anilines is 6. The fourth-order valence-electron chi connectivity index (χ4n) is 5.54. The molecule has 11 heteroatoms. The molecule has 0 aliphatic carbocycles. The van der Waals surface area contributed by atoms with Crippen molar-refractivity contribution in [3.05, 3.63) is 83.3 Å². The maximum absolute atomic E-state index is 13.2. The molecule has 2 aromatic carbocycles. The number of amides is 1. The van der Waals surface area contributed by atoms with Gasteiger partial charge in [0.2, 0.25) is 11.9 Å². The van der Waals surface area contributed by atoms with Crippen LogP contribution in [0.3, 0.4) is 0 Å². The van der Waals surface area contributed by atoms with Crippen LogP contribution in [0.4, 0.5) is 34.0 Å². The number of benzene rings is 2. The van der Waals surface area contributed by atoms with Gasteiger partial charge in [0.1, 0.15) is 5.02 Å². The third-order valence-corrected chi connectivity index (χ3v) is 9.14. The molecule has 9 nitrogen and oxygen atoms in total. The van der Waals surface area contributed by atoms with Gasteiger partial charge in [0.25, 0.3) is 0 Å². The second-order valence-electron chi connectivity index (χ2n) is 10.7. The van der Waals surface area contributed by atoms with Gasteiger partial charge in [0, 0.05) is 37.1 Å². The summed E-state index contributed by atoms with van der Waals surface area (Å²) < 4.78 is 1.21. The van der Waals surface area contributed by atoms with Gasteiger partial charge in [-0.15, -0.1) is 0 Å². The molecule has 1 saturated heterocycles. The highest BCUT2D eigenvalue weighted by Gasteiger charge is 2.24. The van der Waals surface area contributed by atoms with E-state index in [9.17, 15) is 4.79 Å². The van der Waals surface area contributed by atoms with Crippen molar-refractivity contribution < 1.29 is 4.79 Å². The quantitative estimate of drug-likeness (QED) is 0.204. The molecule has 3 N–H and O–H groups in total. The van der Waals surface area contributed by atoms with Crippen LogP contribution in [0.2, 0.25) is 5.02 Å². The molecular formula is C31H29ClN8OS. The smallest absolute Gasteiger partial charge is 0.229 e. The number of thiazole rings is 1. The average Bonchev–Trinajstić information content (AvgIpc) is 3.44. The first kappa shape index (κ1) is 26.6. The second kappa shape index (κ2) is 11.5. The summed E-state index contributed by atoms with van der Waals surface area (Å²) in [6.07, 6.45) is 9.10. The highest BCUT2D eigenvalue weighted by Crippen LogP contribution is 2.33. The van der Waals surface area contributed by atoms with Crippen LogP contribution < -0.4 is 20.9 Å². The Morgan fingerprint density at radius 3 is 2.76 bits per heavy atom. The van der Waals surface area contributed by atoms with Crippen molar-refractivity contribution in [1.29, 1.82) is 0 Å². The molecule has 7 rings (SSSR count). The number of rotatable bonds is 4. The van der Waals surface area contributed by atoms with E-state index in [4.69, 9.17) is 16.6 Å². The lowest BCUT2D eigenvalue weighted by Gasteiger charge is -2.31. The molecule has 42 heavy (non-hydrogen) atoms. The molecule has 0 unspecified atom stereocenters. The zero-order valence-corrected chi connectivity index (χ0v) is 24.4. The third kappa shape index (κ3) is 5.86. The maximum atomic E-state index is 13.2. The zero-order chi connectivity index (χ0) is 28.5. The lowest BCUT2D eigenvalue weighted by atomic mass is 9.93. The number of piperidine rings is 1. The number of hydrogen-bond donors (Lipinski definition) is 3. The summed E-state index contributed by atoms with van der Waals surface area (Å²) in [6.45, 7) is 1.83. The van der Waals surface area contributed by atoms with Gasteiger partial charge in [-0.1, -0.05) is 35.1 Å². The second-order valence-corrected chi connectivity index (χ2v) is 12.2. The van der Waals surface area contributed by atoms with E-state index < -0.39 is 0 Å². The summed E-state index contributed by atoms with van der Waals surface area (Å²) in [6, 6.07) is 16.2. The summed E-state index contributed by atoms with van der Waals surface area (Å²) >= 11 is 8.14. The number of carbonyl (C=O) groups excluding carboxylic acids is 1. The van der Waals surface area contributed by atoms with Crippen LogP contribution >= 0.6 is 22.9 Å². The number of halogens is 1. The van der Waals surface area contributed by atoms with Crippen molar-refractivity contribution in [3.63, 3.8) is 0 Å². The minimum Gasteiger partial charge on any atom is -0.348 e. The minimum absolute atomic E-state index is 0.0460. The lowest BCUT2D eigenvalue weighted by Crippen LogP contribution is -2.34. The molecule has 212 valence electrons. The number of nitrogens with zero attached hydrogens (tertiary/aromatic N) is 5. The van der Waals surface area contributed by atoms with Gasteiger partial charge in [-0.25, -0.2) is 9.97 Å². The Labute approximate surface area is 252 Å². The molecule has 0 atom stereocenters. The van der Waals surface area contributed by atoms with Crippen LogP contribution in [-0.2, 0) is 17.6 Å². The van der Waals surface area contributed by atoms with Gasteiger partial charge in [-0.3, -0.25) is 9.78 Å². The number of nitrogens with one attached hydrogen (secondary N) is 3.